The van der Waals surface area contributed by atoms with Crippen molar-refractivity contribution in [3.05, 3.63) is 59.1 Å². The lowest BCUT2D eigenvalue weighted by Crippen LogP contribution is -2.56. The van der Waals surface area contributed by atoms with Crippen molar-refractivity contribution in [3.8, 4) is 0 Å². The third kappa shape index (κ3) is 3.13. The second-order valence-corrected chi connectivity index (χ2v) is 7.97. The number of hydrogen-bond donors (Lipinski definition) is 2. The lowest BCUT2D eigenvalue weighted by atomic mass is 9.95. The van der Waals surface area contributed by atoms with Crippen LogP contribution in [0.5, 0.6) is 0 Å². The second kappa shape index (κ2) is 6.44. The van der Waals surface area contributed by atoms with Crippen LogP contribution in [0, 0.1) is 5.82 Å². The van der Waals surface area contributed by atoms with Crippen molar-refractivity contribution in [2.24, 2.45) is 0 Å². The molecule has 1 aliphatic rings. The molecule has 1 aromatic carbocycles. The minimum absolute atomic E-state index is 0.0592. The second-order valence-electron chi connectivity index (χ2n) is 7.97. The van der Waals surface area contributed by atoms with Gasteiger partial charge in [0, 0.05) is 11.6 Å². The van der Waals surface area contributed by atoms with Gasteiger partial charge in [0.15, 0.2) is 0 Å². The Morgan fingerprint density at radius 2 is 2.11 bits per heavy atom. The molecule has 1 atom stereocenters. The van der Waals surface area contributed by atoms with Crippen molar-refractivity contribution in [2.45, 2.75) is 32.2 Å². The molecule has 6 nitrogen and oxygen atoms in total. The van der Waals surface area contributed by atoms with Gasteiger partial charge in [-0.3, -0.25) is 9.59 Å². The summed E-state index contributed by atoms with van der Waals surface area (Å²) in [5.74, 6) is -0.0605. The number of piperazine rings is 1. The number of allylic oxidation sites excluding steroid dienone is 1. The Bertz CT molecular complexity index is 1140. The highest BCUT2D eigenvalue weighted by atomic mass is 19.1. The van der Waals surface area contributed by atoms with Gasteiger partial charge in [0.25, 0.3) is 0 Å². The molecule has 7 heteroatoms. The smallest absolute Gasteiger partial charge is 0.247 e. The van der Waals surface area contributed by atoms with Crippen LogP contribution in [0.4, 0.5) is 4.39 Å². The van der Waals surface area contributed by atoms with Crippen LogP contribution >= 0.6 is 0 Å². The van der Waals surface area contributed by atoms with Crippen molar-refractivity contribution in [1.82, 2.24) is 20.0 Å². The standard InChI is InChI=1S/C21H21FN4O2/c1-21(2,3)20-24-15-11-26(20)16(15)8-7-14(12-5-4-6-13(22)9-12)18-19(28)23-10-17(27)25-18/h4-9,11,18H,10H2,1-3H3,(H,23,28)(H,25,27)/b14-7+,16-8-. The first-order chi connectivity index (χ1) is 13.2. The number of benzene rings is 1. The third-order valence-corrected chi connectivity index (χ3v) is 4.78. The van der Waals surface area contributed by atoms with Crippen LogP contribution in [0.25, 0.3) is 17.2 Å². The molecule has 0 spiro atoms. The Hall–Kier alpha value is -3.22. The summed E-state index contributed by atoms with van der Waals surface area (Å²) in [7, 11) is 0. The number of carbonyl (C=O) groups is 2. The quantitative estimate of drug-likeness (QED) is 0.721. The molecular weight excluding hydrogens is 359 g/mol. The zero-order chi connectivity index (χ0) is 20.1. The first-order valence-corrected chi connectivity index (χ1v) is 9.09. The summed E-state index contributed by atoms with van der Waals surface area (Å²) in [6.07, 6.45) is 5.56. The Labute approximate surface area is 161 Å². The molecule has 0 aliphatic carbocycles. The summed E-state index contributed by atoms with van der Waals surface area (Å²) in [6, 6.07) is 5.10. The van der Waals surface area contributed by atoms with Crippen molar-refractivity contribution in [3.63, 3.8) is 0 Å². The highest BCUT2D eigenvalue weighted by molar-refractivity contribution is 6.04. The van der Waals surface area contributed by atoms with E-state index in [4.69, 9.17) is 0 Å². The third-order valence-electron chi connectivity index (χ3n) is 4.78. The maximum atomic E-state index is 13.8. The molecule has 3 aromatic heterocycles. The fourth-order valence-corrected chi connectivity index (χ4v) is 3.40. The number of hydrogen-bond acceptors (Lipinski definition) is 3. The Balaban J connectivity index is 1.81. The number of fused-ring (bicyclic) bond motifs is 1. The highest BCUT2D eigenvalue weighted by Crippen LogP contribution is 2.23. The predicted octanol–water partition coefficient (Wildman–Crippen LogP) is 1.41. The van der Waals surface area contributed by atoms with Gasteiger partial charge in [-0.25, -0.2) is 9.37 Å². The first-order valence-electron chi connectivity index (χ1n) is 9.09. The van der Waals surface area contributed by atoms with Crippen molar-refractivity contribution < 1.29 is 14.0 Å². The van der Waals surface area contributed by atoms with Crippen molar-refractivity contribution in [2.75, 3.05) is 6.54 Å². The normalized spacial score (nSPS) is 19.4. The first kappa shape index (κ1) is 18.2. The zero-order valence-corrected chi connectivity index (χ0v) is 15.9. The molecule has 1 aliphatic heterocycles. The molecule has 1 saturated heterocycles. The van der Waals surface area contributed by atoms with Gasteiger partial charge >= 0.3 is 0 Å². The van der Waals surface area contributed by atoms with Crippen molar-refractivity contribution in [1.29, 1.82) is 0 Å². The lowest BCUT2D eigenvalue weighted by Gasteiger charge is -2.25. The van der Waals surface area contributed by atoms with Crippen molar-refractivity contribution >= 4 is 29.0 Å². The van der Waals surface area contributed by atoms with E-state index < -0.39 is 11.9 Å². The maximum absolute atomic E-state index is 13.8. The van der Waals surface area contributed by atoms with Crippen LogP contribution in [0.1, 0.15) is 32.2 Å². The van der Waals surface area contributed by atoms with Gasteiger partial charge in [0.05, 0.1) is 11.9 Å². The minimum atomic E-state index is -0.885. The maximum Gasteiger partial charge on any atom is 0.247 e. The summed E-state index contributed by atoms with van der Waals surface area (Å²) in [5.41, 5.74) is 1.83. The number of nitrogens with one attached hydrogen (secondary N) is 2. The summed E-state index contributed by atoms with van der Waals surface area (Å²) < 4.78 is 15.8. The number of carbonyl (C=O) groups excluding carboxylic acids is 2. The van der Waals surface area contributed by atoms with Gasteiger partial charge in [-0.05, 0) is 29.3 Å². The molecule has 2 bridgehead atoms. The number of rotatable bonds is 3. The van der Waals surface area contributed by atoms with Crippen LogP contribution < -0.4 is 16.0 Å². The van der Waals surface area contributed by atoms with Crippen LogP contribution in [0.3, 0.4) is 0 Å². The molecule has 1 unspecified atom stereocenters. The number of imidazole rings is 2. The van der Waals surface area contributed by atoms with Gasteiger partial charge in [-0.2, -0.15) is 0 Å². The van der Waals surface area contributed by atoms with Gasteiger partial charge in [-0.15, -0.1) is 0 Å². The molecule has 0 radical (unpaired) electrons. The molecule has 5 rings (SSSR count). The number of halogens is 1. The van der Waals surface area contributed by atoms with Crippen LogP contribution in [-0.4, -0.2) is 33.8 Å². The van der Waals surface area contributed by atoms with E-state index in [0.29, 0.717) is 11.1 Å². The van der Waals surface area contributed by atoms with Crippen LogP contribution in [0.2, 0.25) is 0 Å². The number of amides is 2. The van der Waals surface area contributed by atoms with E-state index in [-0.39, 0.29) is 23.8 Å². The topological polar surface area (TPSA) is 75.5 Å². The molecule has 1 fully saturated rings. The Morgan fingerprint density at radius 1 is 1.32 bits per heavy atom. The van der Waals surface area contributed by atoms with E-state index in [0.717, 1.165) is 16.7 Å². The van der Waals surface area contributed by atoms with E-state index in [1.807, 2.05) is 16.7 Å². The average Bonchev–Trinajstić information content (AvgIpc) is 3.21. The number of nitrogens with zero attached hydrogens (tertiary/aromatic N) is 2. The van der Waals surface area contributed by atoms with Crippen LogP contribution in [0.15, 0.2) is 36.5 Å². The molecular formula is C21H21FN4O2. The lowest BCUT2D eigenvalue weighted by molar-refractivity contribution is -0.132. The largest absolute Gasteiger partial charge is 0.345 e. The molecule has 28 heavy (non-hydrogen) atoms. The van der Waals surface area contributed by atoms with Gasteiger partial charge in [0.1, 0.15) is 23.2 Å². The SMILES string of the molecule is CC(C)(C)c1nc2cn1/c2=C\C=C(/c1cccc(F)c1)C1NC(=O)CNC1=O. The van der Waals surface area contributed by atoms with Gasteiger partial charge in [0.2, 0.25) is 11.8 Å². The van der Waals surface area contributed by atoms with Crippen LogP contribution in [-0.2, 0) is 15.0 Å². The summed E-state index contributed by atoms with van der Waals surface area (Å²) in [5, 5.41) is 6.17. The zero-order valence-electron chi connectivity index (χ0n) is 15.9. The molecule has 144 valence electrons. The Kier molecular flexibility index (Phi) is 4.18. The van der Waals surface area contributed by atoms with E-state index in [9.17, 15) is 14.0 Å². The van der Waals surface area contributed by atoms with E-state index in [1.54, 1.807) is 18.2 Å². The molecule has 4 aromatic rings. The van der Waals surface area contributed by atoms with Gasteiger partial charge in [-0.1, -0.05) is 39.0 Å². The highest BCUT2D eigenvalue weighted by Gasteiger charge is 2.30. The number of aromatic nitrogens is 2. The summed E-state index contributed by atoms with van der Waals surface area (Å²) in [6.45, 7) is 6.22. The van der Waals surface area contributed by atoms with E-state index in [2.05, 4.69) is 36.4 Å². The monoisotopic (exact) mass is 380 g/mol. The summed E-state index contributed by atoms with van der Waals surface area (Å²) in [4.78, 5) is 28.8. The molecule has 2 N–H and O–H groups in total. The average molecular weight is 380 g/mol. The molecule has 0 saturated carbocycles. The fourth-order valence-electron chi connectivity index (χ4n) is 3.40. The fraction of sp³-hybridized carbons (Fsp3) is 0.286. The summed E-state index contributed by atoms with van der Waals surface area (Å²) >= 11 is 0. The van der Waals surface area contributed by atoms with Gasteiger partial charge < -0.3 is 15.0 Å². The van der Waals surface area contributed by atoms with E-state index in [1.165, 1.54) is 12.1 Å². The molecule has 4 heterocycles. The predicted molar refractivity (Wildman–Crippen MR) is 104 cm³/mol. The minimum Gasteiger partial charge on any atom is -0.345 e. The van der Waals surface area contributed by atoms with E-state index >= 15 is 0 Å². The molecule has 2 amide bonds. The Morgan fingerprint density at radius 3 is 2.79 bits per heavy atom.